The van der Waals surface area contributed by atoms with Crippen LogP contribution in [0.3, 0.4) is 0 Å². The van der Waals surface area contributed by atoms with E-state index in [2.05, 4.69) is 5.32 Å². The van der Waals surface area contributed by atoms with E-state index >= 15 is 0 Å². The second-order valence-corrected chi connectivity index (χ2v) is 12.0. The zero-order valence-electron chi connectivity index (χ0n) is 18.2. The van der Waals surface area contributed by atoms with Gasteiger partial charge in [-0.15, -0.1) is 11.8 Å². The summed E-state index contributed by atoms with van der Waals surface area (Å²) in [6, 6.07) is 10.1. The fourth-order valence-electron chi connectivity index (χ4n) is 4.32. The highest BCUT2D eigenvalue weighted by atomic mass is 32.2. The van der Waals surface area contributed by atoms with Gasteiger partial charge in [0.2, 0.25) is 5.91 Å². The lowest BCUT2D eigenvalue weighted by atomic mass is 10.1. The van der Waals surface area contributed by atoms with Gasteiger partial charge in [0.25, 0.3) is 0 Å². The maximum absolute atomic E-state index is 14.3. The minimum absolute atomic E-state index is 0.0535. The molecule has 0 aromatic heterocycles. The van der Waals surface area contributed by atoms with Crippen molar-refractivity contribution in [2.45, 2.75) is 41.6 Å². The molecule has 4 rings (SSSR count). The van der Waals surface area contributed by atoms with E-state index in [4.69, 9.17) is 4.74 Å². The van der Waals surface area contributed by atoms with Gasteiger partial charge in [-0.05, 0) is 43.2 Å². The van der Waals surface area contributed by atoms with Crippen molar-refractivity contribution in [3.63, 3.8) is 0 Å². The fourth-order valence-corrected chi connectivity index (χ4v) is 7.21. The molecule has 6 nitrogen and oxygen atoms in total. The molecule has 1 unspecified atom stereocenters. The first-order valence-electron chi connectivity index (χ1n) is 10.7. The van der Waals surface area contributed by atoms with Crippen LogP contribution in [0.15, 0.2) is 47.4 Å². The van der Waals surface area contributed by atoms with Crippen LogP contribution in [0.4, 0.5) is 8.78 Å². The Morgan fingerprint density at radius 1 is 1.21 bits per heavy atom. The summed E-state index contributed by atoms with van der Waals surface area (Å²) in [4.78, 5) is 16.0. The molecule has 178 valence electrons. The lowest BCUT2D eigenvalue weighted by molar-refractivity contribution is -0.126. The highest BCUT2D eigenvalue weighted by Crippen LogP contribution is 2.35. The average Bonchev–Trinajstić information content (AvgIpc) is 3.32. The second-order valence-electron chi connectivity index (χ2n) is 8.44. The van der Waals surface area contributed by atoms with Gasteiger partial charge >= 0.3 is 0 Å². The van der Waals surface area contributed by atoms with E-state index in [1.165, 1.54) is 12.1 Å². The Morgan fingerprint density at radius 2 is 1.97 bits per heavy atom. The number of hydrogen-bond acceptors (Lipinski definition) is 6. The number of thioether (sulfide) groups is 1. The van der Waals surface area contributed by atoms with Gasteiger partial charge in [-0.25, -0.2) is 17.2 Å². The predicted octanol–water partition coefficient (Wildman–Crippen LogP) is 3.01. The number of carbonyl (C=O) groups excluding carboxylic acids is 1. The summed E-state index contributed by atoms with van der Waals surface area (Å²) >= 11 is 1.63. The van der Waals surface area contributed by atoms with Gasteiger partial charge in [-0.3, -0.25) is 9.69 Å². The van der Waals surface area contributed by atoms with Crippen LogP contribution < -0.4 is 10.1 Å². The molecule has 2 fully saturated rings. The van der Waals surface area contributed by atoms with Crippen molar-refractivity contribution in [3.05, 3.63) is 59.7 Å². The third-order valence-electron chi connectivity index (χ3n) is 6.00. The number of halogens is 2. The number of ether oxygens (including phenoxy) is 1. The van der Waals surface area contributed by atoms with Gasteiger partial charge in [-0.2, -0.15) is 0 Å². The van der Waals surface area contributed by atoms with E-state index in [-0.39, 0.29) is 29.2 Å². The smallest absolute Gasteiger partial charge is 0.237 e. The van der Waals surface area contributed by atoms with Crippen molar-refractivity contribution in [2.24, 2.45) is 0 Å². The van der Waals surface area contributed by atoms with E-state index in [0.717, 1.165) is 16.7 Å². The van der Waals surface area contributed by atoms with Gasteiger partial charge in [0.05, 0.1) is 24.7 Å². The van der Waals surface area contributed by atoms with Crippen molar-refractivity contribution in [2.75, 3.05) is 25.2 Å². The number of amides is 1. The summed E-state index contributed by atoms with van der Waals surface area (Å²) < 4.78 is 56.4. The molecule has 3 atom stereocenters. The van der Waals surface area contributed by atoms with Crippen LogP contribution in [0, 0.1) is 11.6 Å². The van der Waals surface area contributed by atoms with Crippen LogP contribution in [0.25, 0.3) is 0 Å². The molecule has 2 heterocycles. The Kier molecular flexibility index (Phi) is 7.25. The number of methoxy groups -OCH3 is 1. The van der Waals surface area contributed by atoms with Gasteiger partial charge < -0.3 is 10.1 Å². The standard InChI is InChI=1S/C23H26F2N2O4S2/c1-31-18-4-6-19(7-5-18)32-20-11-22(23(28)26-17-8-9-33(29,30)14-17)27(13-20)12-15-2-3-16(24)10-21(15)25/h2-7,10,17,20,22H,8-9,11-14H2,1H3,(H,26,28)/t17?,20-,22+/m1/s1. The minimum atomic E-state index is -3.12. The van der Waals surface area contributed by atoms with Gasteiger partial charge in [0.1, 0.15) is 17.4 Å². The molecule has 2 aromatic carbocycles. The first-order valence-corrected chi connectivity index (χ1v) is 13.4. The van der Waals surface area contributed by atoms with E-state index < -0.39 is 33.6 Å². The molecule has 2 aliphatic rings. The van der Waals surface area contributed by atoms with E-state index in [1.54, 1.807) is 18.9 Å². The molecule has 1 N–H and O–H groups in total. The van der Waals surface area contributed by atoms with Crippen molar-refractivity contribution < 1.29 is 26.7 Å². The molecular weight excluding hydrogens is 470 g/mol. The number of carbonyl (C=O) groups is 1. The van der Waals surface area contributed by atoms with Crippen LogP contribution >= 0.6 is 11.8 Å². The maximum atomic E-state index is 14.3. The normalized spacial score (nSPS) is 24.6. The molecule has 1 amide bonds. The quantitative estimate of drug-likeness (QED) is 0.635. The highest BCUT2D eigenvalue weighted by Gasteiger charge is 2.39. The van der Waals surface area contributed by atoms with Crippen molar-refractivity contribution in [3.8, 4) is 5.75 Å². The zero-order chi connectivity index (χ0) is 23.6. The Bertz CT molecular complexity index is 1110. The number of benzene rings is 2. The number of rotatable bonds is 7. The number of sulfone groups is 1. The molecule has 0 aliphatic carbocycles. The van der Waals surface area contributed by atoms with E-state index in [0.29, 0.717) is 24.9 Å². The number of nitrogens with one attached hydrogen (secondary N) is 1. The summed E-state index contributed by atoms with van der Waals surface area (Å²) in [6.45, 7) is 0.696. The largest absolute Gasteiger partial charge is 0.497 e. The molecule has 0 bridgehead atoms. The lowest BCUT2D eigenvalue weighted by Crippen LogP contribution is -2.47. The zero-order valence-corrected chi connectivity index (χ0v) is 19.8. The van der Waals surface area contributed by atoms with Crippen LogP contribution in [0.5, 0.6) is 5.75 Å². The van der Waals surface area contributed by atoms with E-state index in [1.807, 2.05) is 29.2 Å². The molecule has 2 aliphatic heterocycles. The molecule has 0 spiro atoms. The summed E-state index contributed by atoms with van der Waals surface area (Å²) in [7, 11) is -1.52. The summed E-state index contributed by atoms with van der Waals surface area (Å²) in [5.74, 6) is -0.782. The van der Waals surface area contributed by atoms with Crippen LogP contribution in [-0.4, -0.2) is 61.7 Å². The minimum Gasteiger partial charge on any atom is -0.497 e. The molecule has 2 aromatic rings. The predicted molar refractivity (Wildman–Crippen MR) is 123 cm³/mol. The van der Waals surface area contributed by atoms with Gasteiger partial charge in [-0.1, -0.05) is 6.07 Å². The molecule has 2 saturated heterocycles. The summed E-state index contributed by atoms with van der Waals surface area (Å²) in [5, 5.41) is 2.95. The SMILES string of the molecule is COc1ccc(S[C@@H]2C[C@@H](C(=O)NC3CCS(=O)(=O)C3)N(Cc3ccc(F)cc3F)C2)cc1. The number of hydrogen-bond donors (Lipinski definition) is 1. The van der Waals surface area contributed by atoms with E-state index in [9.17, 15) is 22.0 Å². The van der Waals surface area contributed by atoms with Crippen LogP contribution in [0.1, 0.15) is 18.4 Å². The van der Waals surface area contributed by atoms with Crippen molar-refractivity contribution >= 4 is 27.5 Å². The monoisotopic (exact) mass is 496 g/mol. The molecule has 10 heteroatoms. The highest BCUT2D eigenvalue weighted by molar-refractivity contribution is 8.00. The molecule has 0 saturated carbocycles. The summed E-state index contributed by atoms with van der Waals surface area (Å²) in [6.07, 6.45) is 0.933. The average molecular weight is 497 g/mol. The van der Waals surface area contributed by atoms with Crippen LogP contribution in [0.2, 0.25) is 0 Å². The van der Waals surface area contributed by atoms with Crippen LogP contribution in [-0.2, 0) is 21.2 Å². The molecular formula is C23H26F2N2O4S2. The molecule has 33 heavy (non-hydrogen) atoms. The van der Waals surface area contributed by atoms with Crippen molar-refractivity contribution in [1.82, 2.24) is 10.2 Å². The third-order valence-corrected chi connectivity index (χ3v) is 8.98. The third kappa shape index (κ3) is 6.04. The first-order chi connectivity index (χ1) is 15.7. The van der Waals surface area contributed by atoms with Gasteiger partial charge in [0, 0.05) is 40.9 Å². The Balaban J connectivity index is 1.49. The Hall–Kier alpha value is -2.17. The summed E-state index contributed by atoms with van der Waals surface area (Å²) in [5.41, 5.74) is 0.313. The fraction of sp³-hybridized carbons (Fsp3) is 0.435. The van der Waals surface area contributed by atoms with Gasteiger partial charge in [0.15, 0.2) is 9.84 Å². The number of nitrogens with zero attached hydrogens (tertiary/aromatic N) is 1. The maximum Gasteiger partial charge on any atom is 0.237 e. The first kappa shape index (κ1) is 24.0. The Morgan fingerprint density at radius 3 is 2.61 bits per heavy atom. The Labute approximate surface area is 196 Å². The lowest BCUT2D eigenvalue weighted by Gasteiger charge is -2.25. The van der Waals surface area contributed by atoms with Crippen molar-refractivity contribution in [1.29, 1.82) is 0 Å². The second kappa shape index (κ2) is 9.99. The number of likely N-dealkylation sites (tertiary alicyclic amines) is 1. The topological polar surface area (TPSA) is 75.7 Å². The molecule has 0 radical (unpaired) electrons.